The van der Waals surface area contributed by atoms with Crippen LogP contribution >= 0.6 is 0 Å². The van der Waals surface area contributed by atoms with E-state index in [0.717, 1.165) is 32.4 Å². The molecule has 7 heteroatoms. The van der Waals surface area contributed by atoms with E-state index in [1.54, 1.807) is 36.4 Å². The summed E-state index contributed by atoms with van der Waals surface area (Å²) in [5, 5.41) is 11.2. The van der Waals surface area contributed by atoms with Crippen LogP contribution in [0, 0.1) is 5.82 Å². The average Bonchev–Trinajstić information content (AvgIpc) is 3.12. The van der Waals surface area contributed by atoms with E-state index in [-0.39, 0.29) is 11.3 Å². The third-order valence-corrected chi connectivity index (χ3v) is 6.42. The Bertz CT molecular complexity index is 1030. The third kappa shape index (κ3) is 6.28. The SMILES string of the molecule is CCCCCOc1ccc(/C(O)=C2/C(=O)C(=O)N(CCN(CC)CC)C2c2ccc(F)cc2)cc1. The first kappa shape index (κ1) is 26.4. The molecule has 1 aliphatic rings. The van der Waals surface area contributed by atoms with E-state index < -0.39 is 23.5 Å². The number of ether oxygens (including phenoxy) is 1. The van der Waals surface area contributed by atoms with Gasteiger partial charge in [-0.2, -0.15) is 0 Å². The predicted molar refractivity (Wildman–Crippen MR) is 135 cm³/mol. The van der Waals surface area contributed by atoms with Gasteiger partial charge in [-0.25, -0.2) is 4.39 Å². The lowest BCUT2D eigenvalue weighted by Gasteiger charge is -2.28. The minimum absolute atomic E-state index is 0.0118. The summed E-state index contributed by atoms with van der Waals surface area (Å²) in [5.74, 6) is -1.39. The van der Waals surface area contributed by atoms with E-state index in [0.29, 0.717) is 36.6 Å². The largest absolute Gasteiger partial charge is 0.507 e. The molecule has 1 saturated heterocycles. The molecular formula is C28H35FN2O4. The first-order valence-corrected chi connectivity index (χ1v) is 12.4. The zero-order valence-electron chi connectivity index (χ0n) is 20.8. The first-order chi connectivity index (χ1) is 16.9. The molecular weight excluding hydrogens is 447 g/mol. The normalized spacial score (nSPS) is 17.4. The summed E-state index contributed by atoms with van der Waals surface area (Å²) < 4.78 is 19.4. The number of amides is 1. The summed E-state index contributed by atoms with van der Waals surface area (Å²) in [6.07, 6.45) is 3.17. The number of hydrogen-bond acceptors (Lipinski definition) is 5. The Hall–Kier alpha value is -3.19. The molecule has 2 aromatic rings. The number of rotatable bonds is 12. The number of unbranched alkanes of at least 4 members (excludes halogenated alkanes) is 2. The number of aliphatic hydroxyl groups excluding tert-OH is 1. The number of aliphatic hydroxyl groups is 1. The van der Waals surface area contributed by atoms with Gasteiger partial charge in [0, 0.05) is 18.7 Å². The average molecular weight is 483 g/mol. The van der Waals surface area contributed by atoms with Gasteiger partial charge in [-0.3, -0.25) is 9.59 Å². The fourth-order valence-electron chi connectivity index (χ4n) is 4.30. The standard InChI is InChI=1S/C28H35FN2O4/c1-4-7-8-19-35-23-15-11-21(12-16-23)26(32)24-25(20-9-13-22(29)14-10-20)31(28(34)27(24)33)18-17-30(5-2)6-3/h9-16,25,32H,4-8,17-19H2,1-3H3/b26-24-. The lowest BCUT2D eigenvalue weighted by Crippen LogP contribution is -2.38. The minimum Gasteiger partial charge on any atom is -0.507 e. The Morgan fingerprint density at radius 1 is 1.00 bits per heavy atom. The van der Waals surface area contributed by atoms with Crippen molar-refractivity contribution in [1.29, 1.82) is 0 Å². The van der Waals surface area contributed by atoms with Crippen molar-refractivity contribution in [1.82, 2.24) is 9.80 Å². The van der Waals surface area contributed by atoms with Crippen LogP contribution < -0.4 is 4.74 Å². The molecule has 1 heterocycles. The molecule has 1 unspecified atom stereocenters. The molecule has 1 fully saturated rings. The van der Waals surface area contributed by atoms with Gasteiger partial charge in [0.25, 0.3) is 11.7 Å². The molecule has 1 N–H and O–H groups in total. The van der Waals surface area contributed by atoms with Crippen molar-refractivity contribution in [2.24, 2.45) is 0 Å². The highest BCUT2D eigenvalue weighted by Gasteiger charge is 2.45. The maximum atomic E-state index is 13.6. The topological polar surface area (TPSA) is 70.1 Å². The highest BCUT2D eigenvalue weighted by Crippen LogP contribution is 2.39. The maximum Gasteiger partial charge on any atom is 0.295 e. The van der Waals surface area contributed by atoms with Crippen LogP contribution in [-0.4, -0.2) is 59.4 Å². The van der Waals surface area contributed by atoms with Gasteiger partial charge in [-0.15, -0.1) is 0 Å². The van der Waals surface area contributed by atoms with Crippen molar-refractivity contribution in [3.05, 3.63) is 71.0 Å². The zero-order chi connectivity index (χ0) is 25.4. The Balaban J connectivity index is 1.94. The highest BCUT2D eigenvalue weighted by molar-refractivity contribution is 6.46. The van der Waals surface area contributed by atoms with Crippen LogP contribution in [0.25, 0.3) is 5.76 Å². The lowest BCUT2D eigenvalue weighted by atomic mass is 9.95. The van der Waals surface area contributed by atoms with Crippen molar-refractivity contribution >= 4 is 17.4 Å². The molecule has 2 aromatic carbocycles. The van der Waals surface area contributed by atoms with E-state index in [9.17, 15) is 19.1 Å². The number of carbonyl (C=O) groups excluding carboxylic acids is 2. The van der Waals surface area contributed by atoms with E-state index >= 15 is 0 Å². The molecule has 35 heavy (non-hydrogen) atoms. The third-order valence-electron chi connectivity index (χ3n) is 6.42. The van der Waals surface area contributed by atoms with Crippen molar-refractivity contribution in [2.45, 2.75) is 46.1 Å². The van der Waals surface area contributed by atoms with E-state index in [4.69, 9.17) is 4.74 Å². The number of halogens is 1. The van der Waals surface area contributed by atoms with Gasteiger partial charge in [-0.1, -0.05) is 45.7 Å². The number of likely N-dealkylation sites (N-methyl/N-ethyl adjacent to an activating group) is 1. The lowest BCUT2D eigenvalue weighted by molar-refractivity contribution is -0.140. The van der Waals surface area contributed by atoms with E-state index in [1.807, 2.05) is 13.8 Å². The van der Waals surface area contributed by atoms with Gasteiger partial charge in [0.05, 0.1) is 18.2 Å². The van der Waals surface area contributed by atoms with Gasteiger partial charge >= 0.3 is 0 Å². The number of benzene rings is 2. The monoisotopic (exact) mass is 482 g/mol. The molecule has 6 nitrogen and oxygen atoms in total. The van der Waals surface area contributed by atoms with Gasteiger partial charge in [0.1, 0.15) is 17.3 Å². The van der Waals surface area contributed by atoms with E-state index in [1.165, 1.54) is 17.0 Å². The molecule has 188 valence electrons. The number of carbonyl (C=O) groups is 2. The van der Waals surface area contributed by atoms with Crippen molar-refractivity contribution in [3.63, 3.8) is 0 Å². The minimum atomic E-state index is -0.795. The van der Waals surface area contributed by atoms with Crippen LogP contribution in [-0.2, 0) is 9.59 Å². The molecule has 1 atom stereocenters. The van der Waals surface area contributed by atoms with Crippen molar-refractivity contribution in [2.75, 3.05) is 32.8 Å². The zero-order valence-corrected chi connectivity index (χ0v) is 20.8. The summed E-state index contributed by atoms with van der Waals surface area (Å²) in [6.45, 7) is 9.34. The van der Waals surface area contributed by atoms with Crippen LogP contribution in [0.1, 0.15) is 57.2 Å². The Morgan fingerprint density at radius 3 is 2.26 bits per heavy atom. The molecule has 1 aliphatic heterocycles. The molecule has 0 radical (unpaired) electrons. The second-order valence-electron chi connectivity index (χ2n) is 8.65. The number of likely N-dealkylation sites (tertiary alicyclic amines) is 1. The van der Waals surface area contributed by atoms with Gasteiger partial charge in [0.2, 0.25) is 0 Å². The molecule has 0 bridgehead atoms. The van der Waals surface area contributed by atoms with Crippen LogP contribution in [0.2, 0.25) is 0 Å². The van der Waals surface area contributed by atoms with Gasteiger partial charge in [0.15, 0.2) is 0 Å². The first-order valence-electron chi connectivity index (χ1n) is 12.4. The van der Waals surface area contributed by atoms with Crippen LogP contribution in [0.4, 0.5) is 4.39 Å². The van der Waals surface area contributed by atoms with Crippen molar-refractivity contribution in [3.8, 4) is 5.75 Å². The van der Waals surface area contributed by atoms with Crippen LogP contribution in [0.3, 0.4) is 0 Å². The van der Waals surface area contributed by atoms with Crippen molar-refractivity contribution < 1.29 is 23.8 Å². The van der Waals surface area contributed by atoms with Gasteiger partial charge in [-0.05, 0) is 61.5 Å². The highest BCUT2D eigenvalue weighted by atomic mass is 19.1. The van der Waals surface area contributed by atoms with E-state index in [2.05, 4.69) is 11.8 Å². The Labute approximate surface area is 207 Å². The van der Waals surface area contributed by atoms with Crippen LogP contribution in [0.15, 0.2) is 54.1 Å². The number of nitrogens with zero attached hydrogens (tertiary/aromatic N) is 2. The number of ketones is 1. The summed E-state index contributed by atoms with van der Waals surface area (Å²) in [6, 6.07) is 11.7. The summed E-state index contributed by atoms with van der Waals surface area (Å²) >= 11 is 0. The quantitative estimate of drug-likeness (QED) is 0.196. The Kier molecular flexibility index (Phi) is 9.43. The fourth-order valence-corrected chi connectivity index (χ4v) is 4.30. The maximum absolute atomic E-state index is 13.6. The fraction of sp³-hybridized carbons (Fsp3) is 0.429. The summed E-state index contributed by atoms with van der Waals surface area (Å²) in [7, 11) is 0. The smallest absolute Gasteiger partial charge is 0.295 e. The predicted octanol–water partition coefficient (Wildman–Crippen LogP) is 5.16. The number of hydrogen-bond donors (Lipinski definition) is 1. The Morgan fingerprint density at radius 2 is 1.66 bits per heavy atom. The second-order valence-corrected chi connectivity index (χ2v) is 8.65. The number of Topliss-reactive ketones (excluding diaryl/α,β-unsaturated/α-hetero) is 1. The molecule has 0 saturated carbocycles. The molecule has 0 spiro atoms. The summed E-state index contributed by atoms with van der Waals surface area (Å²) in [4.78, 5) is 29.8. The van der Waals surface area contributed by atoms with Gasteiger partial charge < -0.3 is 19.6 Å². The molecule has 0 aliphatic carbocycles. The molecule has 0 aromatic heterocycles. The second kappa shape index (κ2) is 12.5. The summed E-state index contributed by atoms with van der Waals surface area (Å²) in [5.41, 5.74) is 1.00. The molecule has 3 rings (SSSR count). The molecule has 1 amide bonds. The van der Waals surface area contributed by atoms with Crippen LogP contribution in [0.5, 0.6) is 5.75 Å².